The molecule has 2 rings (SSSR count). The quantitative estimate of drug-likeness (QED) is 0.761. The second-order valence-electron chi connectivity index (χ2n) is 5.56. The minimum atomic E-state index is -0.939. The first-order valence-electron chi connectivity index (χ1n) is 6.38. The Morgan fingerprint density at radius 3 is 2.20 bits per heavy atom. The molecule has 0 atom stereocenters. The monoisotopic (exact) mass is 210 g/mol. The van der Waals surface area contributed by atoms with E-state index in [1.54, 1.807) is 0 Å². The van der Waals surface area contributed by atoms with Gasteiger partial charge in [-0.25, -0.2) is 0 Å². The second-order valence-corrected chi connectivity index (χ2v) is 5.56. The van der Waals surface area contributed by atoms with E-state index < -0.39 is 5.60 Å². The summed E-state index contributed by atoms with van der Waals surface area (Å²) in [6.07, 6.45) is 7.77. The Bertz CT molecular complexity index is 233. The lowest BCUT2D eigenvalue weighted by atomic mass is 9.76. The topological polar surface area (TPSA) is 37.3 Å². The molecule has 0 aliphatic heterocycles. The number of hydrogen-bond donors (Lipinski definition) is 1. The van der Waals surface area contributed by atoms with Crippen LogP contribution < -0.4 is 0 Å². The lowest BCUT2D eigenvalue weighted by molar-refractivity contribution is -0.142. The molecule has 2 heteroatoms. The number of carbonyl (C=O) groups excluding carboxylic acids is 1. The van der Waals surface area contributed by atoms with Crippen molar-refractivity contribution in [3.05, 3.63) is 0 Å². The van der Waals surface area contributed by atoms with Gasteiger partial charge < -0.3 is 5.11 Å². The number of rotatable bonds is 2. The molecule has 0 aromatic carbocycles. The SMILES string of the molecule is CC1CCC(C(=O)C2(O)CCCC2)CC1. The summed E-state index contributed by atoms with van der Waals surface area (Å²) in [5.74, 6) is 1.09. The maximum atomic E-state index is 12.2. The van der Waals surface area contributed by atoms with Crippen LogP contribution >= 0.6 is 0 Å². The van der Waals surface area contributed by atoms with E-state index in [-0.39, 0.29) is 11.7 Å². The van der Waals surface area contributed by atoms with Crippen LogP contribution in [0.15, 0.2) is 0 Å². The average molecular weight is 210 g/mol. The van der Waals surface area contributed by atoms with Crippen molar-refractivity contribution in [1.82, 2.24) is 0 Å². The molecule has 0 amide bonds. The lowest BCUT2D eigenvalue weighted by Gasteiger charge is -2.31. The number of carbonyl (C=O) groups is 1. The molecule has 15 heavy (non-hydrogen) atoms. The molecule has 2 saturated carbocycles. The van der Waals surface area contributed by atoms with Gasteiger partial charge in [0.1, 0.15) is 5.60 Å². The largest absolute Gasteiger partial charge is 0.382 e. The van der Waals surface area contributed by atoms with Gasteiger partial charge in [0.25, 0.3) is 0 Å². The fraction of sp³-hybridized carbons (Fsp3) is 0.923. The fourth-order valence-electron chi connectivity index (χ4n) is 3.11. The van der Waals surface area contributed by atoms with Crippen LogP contribution in [0.3, 0.4) is 0 Å². The van der Waals surface area contributed by atoms with E-state index in [1.165, 1.54) is 0 Å². The van der Waals surface area contributed by atoms with Gasteiger partial charge in [0, 0.05) is 5.92 Å². The van der Waals surface area contributed by atoms with Crippen LogP contribution in [-0.4, -0.2) is 16.5 Å². The van der Waals surface area contributed by atoms with Crippen LogP contribution in [-0.2, 0) is 4.79 Å². The van der Waals surface area contributed by atoms with Crippen LogP contribution in [0.5, 0.6) is 0 Å². The Morgan fingerprint density at radius 2 is 1.67 bits per heavy atom. The minimum absolute atomic E-state index is 0.157. The van der Waals surface area contributed by atoms with Gasteiger partial charge in [0.05, 0.1) is 0 Å². The Morgan fingerprint density at radius 1 is 1.13 bits per heavy atom. The van der Waals surface area contributed by atoms with Crippen molar-refractivity contribution in [2.45, 2.75) is 63.9 Å². The molecule has 0 heterocycles. The third kappa shape index (κ3) is 2.25. The second kappa shape index (κ2) is 4.25. The highest BCUT2D eigenvalue weighted by atomic mass is 16.3. The van der Waals surface area contributed by atoms with Crippen LogP contribution in [0, 0.1) is 11.8 Å². The van der Waals surface area contributed by atoms with Crippen molar-refractivity contribution in [3.63, 3.8) is 0 Å². The first-order valence-corrected chi connectivity index (χ1v) is 6.38. The molecule has 86 valence electrons. The summed E-state index contributed by atoms with van der Waals surface area (Å²) in [4.78, 5) is 12.2. The van der Waals surface area contributed by atoms with Gasteiger partial charge in [-0.2, -0.15) is 0 Å². The standard InChI is InChI=1S/C13H22O2/c1-10-4-6-11(7-5-10)12(14)13(15)8-2-3-9-13/h10-11,15H,2-9H2,1H3. The van der Waals surface area contributed by atoms with Gasteiger partial charge in [-0.15, -0.1) is 0 Å². The molecule has 0 unspecified atom stereocenters. The summed E-state index contributed by atoms with van der Waals surface area (Å²) in [5, 5.41) is 10.2. The summed E-state index contributed by atoms with van der Waals surface area (Å²) in [6, 6.07) is 0. The number of Topliss-reactive ketones (excluding diaryl/α,β-unsaturated/α-hetero) is 1. The average Bonchev–Trinajstić information content (AvgIpc) is 2.67. The molecule has 0 aromatic heterocycles. The van der Waals surface area contributed by atoms with Gasteiger partial charge in [-0.1, -0.05) is 19.8 Å². The Labute approximate surface area is 92.1 Å². The van der Waals surface area contributed by atoms with Gasteiger partial charge in [-0.3, -0.25) is 4.79 Å². The summed E-state index contributed by atoms with van der Waals surface area (Å²) in [7, 11) is 0. The molecule has 2 nitrogen and oxygen atoms in total. The zero-order chi connectivity index (χ0) is 10.9. The van der Waals surface area contributed by atoms with Crippen molar-refractivity contribution < 1.29 is 9.90 Å². The molecular weight excluding hydrogens is 188 g/mol. The normalized spacial score (nSPS) is 35.3. The van der Waals surface area contributed by atoms with E-state index in [1.807, 2.05) is 0 Å². The first kappa shape index (κ1) is 11.1. The predicted molar refractivity (Wildman–Crippen MR) is 59.5 cm³/mol. The van der Waals surface area contributed by atoms with Crippen LogP contribution in [0.2, 0.25) is 0 Å². The smallest absolute Gasteiger partial charge is 0.167 e. The fourth-order valence-corrected chi connectivity index (χ4v) is 3.11. The van der Waals surface area contributed by atoms with E-state index in [0.717, 1.165) is 44.4 Å². The summed E-state index contributed by atoms with van der Waals surface area (Å²) in [5.41, 5.74) is -0.939. The molecule has 2 aliphatic rings. The van der Waals surface area contributed by atoms with E-state index >= 15 is 0 Å². The molecule has 0 saturated heterocycles. The zero-order valence-electron chi connectivity index (χ0n) is 9.67. The highest BCUT2D eigenvalue weighted by Crippen LogP contribution is 2.37. The highest BCUT2D eigenvalue weighted by Gasteiger charge is 2.42. The molecule has 0 radical (unpaired) electrons. The molecule has 2 aliphatic carbocycles. The van der Waals surface area contributed by atoms with E-state index in [9.17, 15) is 9.90 Å². The van der Waals surface area contributed by atoms with E-state index in [0.29, 0.717) is 12.8 Å². The Balaban J connectivity index is 1.95. The van der Waals surface area contributed by atoms with Crippen molar-refractivity contribution in [2.75, 3.05) is 0 Å². The van der Waals surface area contributed by atoms with Crippen LogP contribution in [0.25, 0.3) is 0 Å². The molecule has 0 bridgehead atoms. The van der Waals surface area contributed by atoms with Gasteiger partial charge in [0.15, 0.2) is 5.78 Å². The summed E-state index contributed by atoms with van der Waals surface area (Å²) in [6.45, 7) is 2.25. The summed E-state index contributed by atoms with van der Waals surface area (Å²) < 4.78 is 0. The maximum Gasteiger partial charge on any atom is 0.167 e. The summed E-state index contributed by atoms with van der Waals surface area (Å²) >= 11 is 0. The van der Waals surface area contributed by atoms with Crippen LogP contribution in [0.4, 0.5) is 0 Å². The first-order chi connectivity index (χ1) is 7.12. The third-order valence-corrected chi connectivity index (χ3v) is 4.28. The number of ketones is 1. The maximum absolute atomic E-state index is 12.2. The highest BCUT2D eigenvalue weighted by molar-refractivity contribution is 5.89. The third-order valence-electron chi connectivity index (χ3n) is 4.28. The van der Waals surface area contributed by atoms with Gasteiger partial charge >= 0.3 is 0 Å². The lowest BCUT2D eigenvalue weighted by Crippen LogP contribution is -2.41. The molecular formula is C13H22O2. The number of aliphatic hydroxyl groups is 1. The Hall–Kier alpha value is -0.370. The van der Waals surface area contributed by atoms with Crippen molar-refractivity contribution in [2.24, 2.45) is 11.8 Å². The van der Waals surface area contributed by atoms with Gasteiger partial charge in [-0.05, 0) is 44.4 Å². The van der Waals surface area contributed by atoms with Crippen molar-refractivity contribution in [1.29, 1.82) is 0 Å². The van der Waals surface area contributed by atoms with Crippen molar-refractivity contribution in [3.8, 4) is 0 Å². The molecule has 2 fully saturated rings. The number of hydrogen-bond acceptors (Lipinski definition) is 2. The molecule has 0 spiro atoms. The Kier molecular flexibility index (Phi) is 3.15. The van der Waals surface area contributed by atoms with E-state index in [4.69, 9.17) is 0 Å². The molecule has 1 N–H and O–H groups in total. The minimum Gasteiger partial charge on any atom is -0.382 e. The van der Waals surface area contributed by atoms with Gasteiger partial charge in [0.2, 0.25) is 0 Å². The zero-order valence-corrected chi connectivity index (χ0v) is 9.67. The van der Waals surface area contributed by atoms with Crippen molar-refractivity contribution >= 4 is 5.78 Å². The van der Waals surface area contributed by atoms with Crippen LogP contribution in [0.1, 0.15) is 58.3 Å². The predicted octanol–water partition coefficient (Wildman–Crippen LogP) is 2.69. The molecule has 0 aromatic rings. The van der Waals surface area contributed by atoms with E-state index in [2.05, 4.69) is 6.92 Å².